The fraction of sp³-hybridized carbons (Fsp3) is 0.0488. The minimum Gasteiger partial charge on any atom is -0.247 e. The van der Waals surface area contributed by atoms with Gasteiger partial charge in [-0.3, -0.25) is 0 Å². The molecule has 8 aromatic rings. The lowest BCUT2D eigenvalue weighted by atomic mass is 9.91. The molecular weight excluding hydrogens is 648 g/mol. The van der Waals surface area contributed by atoms with Gasteiger partial charge < -0.3 is 0 Å². The number of hydrogen-bond donors (Lipinski definition) is 0. The Morgan fingerprint density at radius 2 is 0.840 bits per heavy atom. The van der Waals surface area contributed by atoms with Gasteiger partial charge in [0.2, 0.25) is 0 Å². The summed E-state index contributed by atoms with van der Waals surface area (Å²) in [5.74, 6) is 0. The van der Waals surface area contributed by atoms with E-state index in [0.717, 1.165) is 17.7 Å². The summed E-state index contributed by atoms with van der Waals surface area (Å²) in [5.41, 5.74) is 1.58. The van der Waals surface area contributed by atoms with Crippen LogP contribution in [0.25, 0.3) is 77.6 Å². The molecule has 50 heavy (non-hydrogen) atoms. The zero-order valence-electron chi connectivity index (χ0n) is 25.9. The monoisotopic (exact) mass is 671 g/mol. The summed E-state index contributed by atoms with van der Waals surface area (Å²) in [6, 6.07) is 38.4. The first-order valence-electron chi connectivity index (χ1n) is 15.6. The van der Waals surface area contributed by atoms with Crippen LogP contribution in [-0.4, -0.2) is 15.0 Å². The molecule has 0 aliphatic rings. The van der Waals surface area contributed by atoms with Crippen molar-refractivity contribution in [1.29, 1.82) is 0 Å². The van der Waals surface area contributed by atoms with Gasteiger partial charge in [0.05, 0.1) is 44.8 Å². The Morgan fingerprint density at radius 3 is 1.36 bits per heavy atom. The second-order valence-corrected chi connectivity index (χ2v) is 11.8. The summed E-state index contributed by atoms with van der Waals surface area (Å²) in [6.07, 6.45) is -10.1. The number of halogens is 6. The number of hydrogen-bond acceptors (Lipinski definition) is 3. The van der Waals surface area contributed by atoms with E-state index >= 15 is 0 Å². The van der Waals surface area contributed by atoms with Crippen molar-refractivity contribution in [2.75, 3.05) is 0 Å². The van der Waals surface area contributed by atoms with Crippen LogP contribution in [-0.2, 0) is 12.4 Å². The van der Waals surface area contributed by atoms with Crippen LogP contribution < -0.4 is 0 Å². The van der Waals surface area contributed by atoms with Crippen molar-refractivity contribution in [3.05, 3.63) is 151 Å². The molecule has 9 heteroatoms. The van der Waals surface area contributed by atoms with Gasteiger partial charge in [-0.05, 0) is 35.9 Å². The van der Waals surface area contributed by atoms with Crippen molar-refractivity contribution in [3.8, 4) is 44.9 Å². The molecule has 244 valence electrons. The SMILES string of the molecule is FC(F)(F)c1cc(-c2cc3c(-c4ccccc4)nc4ccccc4c3c3nc(-c4ccccc4)c(-c4ccccc4)nc23)cc(C(F)(F)F)c1. The largest absolute Gasteiger partial charge is 0.416 e. The van der Waals surface area contributed by atoms with E-state index in [4.69, 9.17) is 15.0 Å². The highest BCUT2D eigenvalue weighted by Gasteiger charge is 2.37. The lowest BCUT2D eigenvalue weighted by Crippen LogP contribution is -2.11. The molecule has 0 unspecified atom stereocenters. The number of alkyl halides is 6. The number of rotatable bonds is 4. The van der Waals surface area contributed by atoms with E-state index in [-0.39, 0.29) is 22.7 Å². The summed E-state index contributed by atoms with van der Waals surface area (Å²) >= 11 is 0. The molecule has 0 aliphatic carbocycles. The molecular formula is C41H23F6N3. The smallest absolute Gasteiger partial charge is 0.247 e. The molecule has 2 aromatic heterocycles. The molecule has 0 saturated carbocycles. The van der Waals surface area contributed by atoms with Crippen LogP contribution in [0.4, 0.5) is 26.3 Å². The van der Waals surface area contributed by atoms with Crippen LogP contribution >= 0.6 is 0 Å². The third-order valence-electron chi connectivity index (χ3n) is 8.65. The highest BCUT2D eigenvalue weighted by atomic mass is 19.4. The quantitative estimate of drug-likeness (QED) is 0.138. The minimum absolute atomic E-state index is 0.0580. The third-order valence-corrected chi connectivity index (χ3v) is 8.65. The maximum atomic E-state index is 14.2. The number of nitrogens with zero attached hydrogens (tertiary/aromatic N) is 3. The molecule has 0 amide bonds. The van der Waals surface area contributed by atoms with Crippen molar-refractivity contribution in [3.63, 3.8) is 0 Å². The van der Waals surface area contributed by atoms with E-state index in [9.17, 15) is 26.3 Å². The van der Waals surface area contributed by atoms with E-state index < -0.39 is 23.5 Å². The van der Waals surface area contributed by atoms with Gasteiger partial charge in [-0.15, -0.1) is 0 Å². The summed E-state index contributed by atoms with van der Waals surface area (Å²) < 4.78 is 85.2. The number of aromatic nitrogens is 3. The Bertz CT molecular complexity index is 2520. The summed E-state index contributed by atoms with van der Waals surface area (Å²) in [5, 5.41) is 1.84. The molecule has 0 atom stereocenters. The van der Waals surface area contributed by atoms with Crippen LogP contribution in [0.2, 0.25) is 0 Å². The van der Waals surface area contributed by atoms with Crippen LogP contribution in [0.5, 0.6) is 0 Å². The Kier molecular flexibility index (Phi) is 7.36. The molecule has 0 radical (unpaired) electrons. The van der Waals surface area contributed by atoms with Gasteiger partial charge >= 0.3 is 12.4 Å². The lowest BCUT2D eigenvalue weighted by Gasteiger charge is -2.19. The first-order valence-corrected chi connectivity index (χ1v) is 15.6. The van der Waals surface area contributed by atoms with E-state index in [1.807, 2.05) is 115 Å². The molecule has 0 fully saturated rings. The predicted octanol–water partition coefficient (Wildman–Crippen LogP) is 12.0. The molecule has 0 N–H and O–H groups in total. The maximum absolute atomic E-state index is 14.2. The zero-order valence-corrected chi connectivity index (χ0v) is 25.9. The fourth-order valence-electron chi connectivity index (χ4n) is 6.37. The Morgan fingerprint density at radius 1 is 0.380 bits per heavy atom. The van der Waals surface area contributed by atoms with Crippen LogP contribution in [0.3, 0.4) is 0 Å². The first kappa shape index (κ1) is 31.2. The van der Waals surface area contributed by atoms with Crippen molar-refractivity contribution >= 4 is 32.7 Å². The van der Waals surface area contributed by atoms with Gasteiger partial charge in [0.1, 0.15) is 0 Å². The average molecular weight is 672 g/mol. The zero-order chi connectivity index (χ0) is 34.6. The Labute approximate surface area is 281 Å². The normalized spacial score (nSPS) is 12.2. The molecule has 8 rings (SSSR count). The summed E-state index contributed by atoms with van der Waals surface area (Å²) in [7, 11) is 0. The van der Waals surface area contributed by atoms with Crippen molar-refractivity contribution < 1.29 is 26.3 Å². The lowest BCUT2D eigenvalue weighted by molar-refractivity contribution is -0.143. The van der Waals surface area contributed by atoms with Crippen molar-refractivity contribution in [2.24, 2.45) is 0 Å². The summed E-state index contributed by atoms with van der Waals surface area (Å²) in [4.78, 5) is 15.3. The van der Waals surface area contributed by atoms with Gasteiger partial charge in [-0.2, -0.15) is 26.3 Å². The minimum atomic E-state index is -5.04. The number of benzene rings is 6. The average Bonchev–Trinajstić information content (AvgIpc) is 3.13. The second-order valence-electron chi connectivity index (χ2n) is 11.8. The molecule has 2 heterocycles. The van der Waals surface area contributed by atoms with Crippen molar-refractivity contribution in [2.45, 2.75) is 12.4 Å². The summed E-state index contributed by atoms with van der Waals surface area (Å²) in [6.45, 7) is 0. The molecule has 0 saturated heterocycles. The first-order chi connectivity index (χ1) is 24.1. The number of pyridine rings is 1. The highest BCUT2D eigenvalue weighted by Crippen LogP contribution is 2.45. The van der Waals surface area contributed by atoms with Gasteiger partial charge in [-0.25, -0.2) is 15.0 Å². The van der Waals surface area contributed by atoms with Gasteiger partial charge in [-0.1, -0.05) is 109 Å². The van der Waals surface area contributed by atoms with E-state index in [1.165, 1.54) is 0 Å². The van der Waals surface area contributed by atoms with Crippen LogP contribution in [0, 0.1) is 0 Å². The van der Waals surface area contributed by atoms with Crippen LogP contribution in [0.15, 0.2) is 140 Å². The van der Waals surface area contributed by atoms with Crippen molar-refractivity contribution in [1.82, 2.24) is 15.0 Å². The van der Waals surface area contributed by atoms with E-state index in [2.05, 4.69) is 0 Å². The predicted molar refractivity (Wildman–Crippen MR) is 184 cm³/mol. The number of para-hydroxylation sites is 1. The standard InChI is InChI=1S/C41H23F6N3/c42-40(43,44)28-20-27(21-29(22-28)41(45,46)47)31-23-32-34(30-18-10-11-19-33(30)48-35(32)24-12-4-1-5-13-24)39-38(31)49-36(25-14-6-2-7-15-25)37(50-39)26-16-8-3-9-17-26/h1-23H. The number of fused-ring (bicyclic) bond motifs is 5. The van der Waals surface area contributed by atoms with E-state index in [1.54, 1.807) is 6.07 Å². The highest BCUT2D eigenvalue weighted by molar-refractivity contribution is 6.24. The molecule has 0 spiro atoms. The third kappa shape index (κ3) is 5.50. The molecule has 6 aromatic carbocycles. The maximum Gasteiger partial charge on any atom is 0.416 e. The molecule has 3 nitrogen and oxygen atoms in total. The van der Waals surface area contributed by atoms with Gasteiger partial charge in [0.25, 0.3) is 0 Å². The molecule has 0 aliphatic heterocycles. The topological polar surface area (TPSA) is 38.7 Å². The Balaban J connectivity index is 1.61. The van der Waals surface area contributed by atoms with Gasteiger partial charge in [0, 0.05) is 38.4 Å². The van der Waals surface area contributed by atoms with Crippen LogP contribution in [0.1, 0.15) is 11.1 Å². The second kappa shape index (κ2) is 11.8. The van der Waals surface area contributed by atoms with E-state index in [0.29, 0.717) is 55.4 Å². The fourth-order valence-corrected chi connectivity index (χ4v) is 6.37. The Hall–Kier alpha value is -6.09. The molecule has 0 bridgehead atoms. The van der Waals surface area contributed by atoms with Gasteiger partial charge in [0.15, 0.2) is 0 Å².